The Labute approximate surface area is 72.8 Å². The molecular formula is C6H7N3O2S. The van der Waals surface area contributed by atoms with Crippen LogP contribution in [0.1, 0.15) is 9.67 Å². The Morgan fingerprint density at radius 2 is 2.50 bits per heavy atom. The molecule has 1 aromatic rings. The molecule has 6 heteroatoms. The molecule has 2 N–H and O–H groups in total. The van der Waals surface area contributed by atoms with E-state index in [0.29, 0.717) is 10.6 Å². The van der Waals surface area contributed by atoms with Crippen molar-refractivity contribution in [1.29, 1.82) is 0 Å². The third kappa shape index (κ3) is 1.79. The second kappa shape index (κ2) is 3.82. The van der Waals surface area contributed by atoms with Gasteiger partial charge in [0.25, 0.3) is 0 Å². The summed E-state index contributed by atoms with van der Waals surface area (Å²) in [5, 5.41) is 8.30. The number of carbonyl (C=O) groups excluding carboxylic acids is 1. The Kier molecular flexibility index (Phi) is 2.76. The highest BCUT2D eigenvalue weighted by molar-refractivity contribution is 7.12. The summed E-state index contributed by atoms with van der Waals surface area (Å²) in [5.41, 5.74) is 0.558. The second-order valence-corrected chi connectivity index (χ2v) is 2.79. The van der Waals surface area contributed by atoms with Gasteiger partial charge in [0.1, 0.15) is 4.88 Å². The predicted molar refractivity (Wildman–Crippen MR) is 44.4 cm³/mol. The van der Waals surface area contributed by atoms with Crippen LogP contribution in [0.3, 0.4) is 0 Å². The Bertz CT molecular complexity index is 307. The van der Waals surface area contributed by atoms with Crippen molar-refractivity contribution in [3.05, 3.63) is 16.3 Å². The Morgan fingerprint density at radius 3 is 3.08 bits per heavy atom. The van der Waals surface area contributed by atoms with E-state index in [1.807, 2.05) is 0 Å². The van der Waals surface area contributed by atoms with Gasteiger partial charge in [-0.2, -0.15) is 0 Å². The summed E-state index contributed by atoms with van der Waals surface area (Å²) in [5.74, 6) is 4.45. The lowest BCUT2D eigenvalue weighted by atomic mass is 10.4. The third-order valence-electron chi connectivity index (χ3n) is 1.15. The molecule has 5 nitrogen and oxygen atoms in total. The smallest absolute Gasteiger partial charge is 0.348 e. The van der Waals surface area contributed by atoms with Crippen LogP contribution in [-0.4, -0.2) is 13.1 Å². The first-order chi connectivity index (χ1) is 5.77. The van der Waals surface area contributed by atoms with Crippen LogP contribution in [0.5, 0.6) is 0 Å². The number of hydrogen-bond donors (Lipinski definition) is 1. The SMILES string of the molecule is COC(=O)c1cc(N=NN)cs1. The maximum atomic E-state index is 10.9. The van der Waals surface area contributed by atoms with E-state index in [2.05, 4.69) is 15.1 Å². The molecule has 0 aliphatic carbocycles. The highest BCUT2D eigenvalue weighted by Crippen LogP contribution is 2.22. The van der Waals surface area contributed by atoms with Gasteiger partial charge in [0.15, 0.2) is 0 Å². The molecular weight excluding hydrogens is 178 g/mol. The molecule has 0 saturated heterocycles. The molecule has 1 rings (SSSR count). The molecule has 0 saturated carbocycles. The average molecular weight is 185 g/mol. The van der Waals surface area contributed by atoms with Crippen molar-refractivity contribution >= 4 is 23.0 Å². The summed E-state index contributed by atoms with van der Waals surface area (Å²) < 4.78 is 4.50. The number of hydrogen-bond acceptors (Lipinski definition) is 5. The first kappa shape index (κ1) is 8.66. The van der Waals surface area contributed by atoms with Crippen molar-refractivity contribution in [3.8, 4) is 0 Å². The number of methoxy groups -OCH3 is 1. The molecule has 0 bridgehead atoms. The van der Waals surface area contributed by atoms with Crippen LogP contribution in [-0.2, 0) is 4.74 Å². The van der Waals surface area contributed by atoms with Gasteiger partial charge in [0.2, 0.25) is 0 Å². The standard InChI is InChI=1S/C6H7N3O2S/c1-11-6(10)5-2-4(3-12-5)8-9-7/h2-3H,1H3,(H2,7,8). The lowest BCUT2D eigenvalue weighted by Crippen LogP contribution is -1.96. The van der Waals surface area contributed by atoms with Crippen LogP contribution in [0, 0.1) is 0 Å². The van der Waals surface area contributed by atoms with E-state index in [-0.39, 0.29) is 5.97 Å². The van der Waals surface area contributed by atoms with Crippen molar-refractivity contribution in [3.63, 3.8) is 0 Å². The van der Waals surface area contributed by atoms with Crippen molar-refractivity contribution in [2.24, 2.45) is 16.2 Å². The minimum Gasteiger partial charge on any atom is -0.465 e. The number of nitrogens with two attached hydrogens (primary N) is 1. The number of nitrogens with zero attached hydrogens (tertiary/aromatic N) is 2. The van der Waals surface area contributed by atoms with Crippen molar-refractivity contribution in [2.75, 3.05) is 7.11 Å². The summed E-state index contributed by atoms with van der Waals surface area (Å²) >= 11 is 1.24. The van der Waals surface area contributed by atoms with Crippen LogP contribution < -0.4 is 5.84 Å². The molecule has 0 unspecified atom stereocenters. The number of esters is 1. The molecule has 1 aromatic heterocycles. The molecule has 0 atom stereocenters. The van der Waals surface area contributed by atoms with E-state index in [1.165, 1.54) is 18.4 Å². The molecule has 0 aromatic carbocycles. The Morgan fingerprint density at radius 1 is 1.75 bits per heavy atom. The molecule has 0 radical (unpaired) electrons. The number of ether oxygens (including phenoxy) is 1. The van der Waals surface area contributed by atoms with Crippen LogP contribution in [0.4, 0.5) is 5.69 Å². The maximum Gasteiger partial charge on any atom is 0.348 e. The third-order valence-corrected chi connectivity index (χ3v) is 2.04. The van der Waals surface area contributed by atoms with Gasteiger partial charge in [-0.15, -0.1) is 16.5 Å². The summed E-state index contributed by atoms with van der Waals surface area (Å²) in [7, 11) is 1.33. The summed E-state index contributed by atoms with van der Waals surface area (Å²) in [6.07, 6.45) is 0. The average Bonchev–Trinajstić information content (AvgIpc) is 2.52. The highest BCUT2D eigenvalue weighted by Gasteiger charge is 2.07. The predicted octanol–water partition coefficient (Wildman–Crippen LogP) is 1.49. The fraction of sp³-hybridized carbons (Fsp3) is 0.167. The van der Waals surface area contributed by atoms with Gasteiger partial charge < -0.3 is 10.6 Å². The second-order valence-electron chi connectivity index (χ2n) is 1.88. The van der Waals surface area contributed by atoms with Gasteiger partial charge in [0, 0.05) is 5.38 Å². The monoisotopic (exact) mass is 185 g/mol. The molecule has 0 spiro atoms. The number of carbonyl (C=O) groups is 1. The van der Waals surface area contributed by atoms with E-state index in [1.54, 1.807) is 11.4 Å². The molecule has 0 amide bonds. The fourth-order valence-electron chi connectivity index (χ4n) is 0.653. The molecule has 0 fully saturated rings. The number of rotatable bonds is 2. The normalized spacial score (nSPS) is 10.4. The van der Waals surface area contributed by atoms with Gasteiger partial charge in [0.05, 0.1) is 12.8 Å². The zero-order valence-corrected chi connectivity index (χ0v) is 7.17. The molecule has 0 aliphatic heterocycles. The maximum absolute atomic E-state index is 10.9. The molecule has 1 heterocycles. The van der Waals surface area contributed by atoms with E-state index in [4.69, 9.17) is 5.84 Å². The molecule has 64 valence electrons. The Hall–Kier alpha value is -1.43. The minimum absolute atomic E-state index is 0.376. The lowest BCUT2D eigenvalue weighted by molar-refractivity contribution is 0.0606. The fourth-order valence-corrected chi connectivity index (χ4v) is 1.38. The first-order valence-electron chi connectivity index (χ1n) is 3.05. The van der Waals surface area contributed by atoms with Gasteiger partial charge in [-0.3, -0.25) is 0 Å². The van der Waals surface area contributed by atoms with Gasteiger partial charge in [-0.05, 0) is 6.07 Å². The quantitative estimate of drug-likeness (QED) is 0.328. The minimum atomic E-state index is -0.376. The van der Waals surface area contributed by atoms with Crippen LogP contribution in [0.2, 0.25) is 0 Å². The number of thiophene rings is 1. The topological polar surface area (TPSA) is 77.0 Å². The van der Waals surface area contributed by atoms with E-state index in [9.17, 15) is 4.79 Å². The molecule has 0 aliphatic rings. The van der Waals surface area contributed by atoms with E-state index >= 15 is 0 Å². The zero-order valence-electron chi connectivity index (χ0n) is 6.35. The van der Waals surface area contributed by atoms with Crippen molar-refractivity contribution in [2.45, 2.75) is 0 Å². The zero-order chi connectivity index (χ0) is 8.97. The van der Waals surface area contributed by atoms with Crippen LogP contribution >= 0.6 is 11.3 Å². The first-order valence-corrected chi connectivity index (χ1v) is 3.93. The van der Waals surface area contributed by atoms with Gasteiger partial charge in [-0.1, -0.05) is 5.22 Å². The molecule has 12 heavy (non-hydrogen) atoms. The van der Waals surface area contributed by atoms with Crippen LogP contribution in [0.25, 0.3) is 0 Å². The van der Waals surface area contributed by atoms with Gasteiger partial charge in [-0.25, -0.2) is 4.79 Å². The van der Waals surface area contributed by atoms with Crippen molar-refractivity contribution in [1.82, 2.24) is 0 Å². The highest BCUT2D eigenvalue weighted by atomic mass is 32.1. The van der Waals surface area contributed by atoms with Gasteiger partial charge >= 0.3 is 5.97 Å². The largest absolute Gasteiger partial charge is 0.465 e. The summed E-state index contributed by atoms with van der Waals surface area (Å²) in [6, 6.07) is 1.56. The van der Waals surface area contributed by atoms with E-state index < -0.39 is 0 Å². The van der Waals surface area contributed by atoms with Crippen molar-refractivity contribution < 1.29 is 9.53 Å². The van der Waals surface area contributed by atoms with E-state index in [0.717, 1.165) is 0 Å². The Balaban J connectivity index is 2.84. The van der Waals surface area contributed by atoms with Crippen LogP contribution in [0.15, 0.2) is 21.8 Å². The summed E-state index contributed by atoms with van der Waals surface area (Å²) in [4.78, 5) is 11.4. The summed E-state index contributed by atoms with van der Waals surface area (Å²) in [6.45, 7) is 0. The lowest BCUT2D eigenvalue weighted by Gasteiger charge is -1.90.